The topological polar surface area (TPSA) is 100 Å². The van der Waals surface area contributed by atoms with Gasteiger partial charge in [-0.2, -0.15) is 0 Å². The van der Waals surface area contributed by atoms with Crippen molar-refractivity contribution in [3.05, 3.63) is 48.3 Å². The first-order valence-electron chi connectivity index (χ1n) is 13.1. The van der Waals surface area contributed by atoms with Gasteiger partial charge in [-0.3, -0.25) is 4.90 Å². The van der Waals surface area contributed by atoms with Crippen LogP contribution < -0.4 is 10.6 Å². The van der Waals surface area contributed by atoms with Crippen molar-refractivity contribution in [1.82, 2.24) is 24.6 Å². The van der Waals surface area contributed by atoms with E-state index in [-0.39, 0.29) is 12.1 Å². The largest absolute Gasteiger partial charge is 0.393 e. The van der Waals surface area contributed by atoms with Crippen molar-refractivity contribution >= 4 is 11.8 Å². The molecule has 0 atom stereocenters. The molecule has 1 saturated heterocycles. The molecule has 2 aliphatic rings. The van der Waals surface area contributed by atoms with E-state index in [0.717, 1.165) is 100.0 Å². The second-order valence-electron chi connectivity index (χ2n) is 9.71. The highest BCUT2D eigenvalue weighted by atomic mass is 16.5. The van der Waals surface area contributed by atoms with Crippen LogP contribution >= 0.6 is 0 Å². The minimum absolute atomic E-state index is 0.182. The van der Waals surface area contributed by atoms with Crippen molar-refractivity contribution in [1.29, 1.82) is 0 Å². The number of nitrogens with zero attached hydrogens (tertiary/aromatic N) is 5. The Bertz CT molecular complexity index is 1110. The van der Waals surface area contributed by atoms with Gasteiger partial charge in [0.05, 0.1) is 42.0 Å². The van der Waals surface area contributed by atoms with Gasteiger partial charge in [-0.05, 0) is 63.8 Å². The Morgan fingerprint density at radius 3 is 2.61 bits per heavy atom. The molecule has 3 N–H and O–H groups in total. The molecule has 0 bridgehead atoms. The summed E-state index contributed by atoms with van der Waals surface area (Å²) in [6, 6.07) is 12.4. The van der Waals surface area contributed by atoms with Gasteiger partial charge in [0.1, 0.15) is 0 Å². The molecular weight excluding hydrogens is 454 g/mol. The number of nitrogens with one attached hydrogen (secondary N) is 2. The molecule has 3 heterocycles. The van der Waals surface area contributed by atoms with E-state index in [9.17, 15) is 5.11 Å². The zero-order valence-electron chi connectivity index (χ0n) is 21.1. The number of hydrogen-bond donors (Lipinski definition) is 3. The summed E-state index contributed by atoms with van der Waals surface area (Å²) in [4.78, 5) is 11.8. The zero-order chi connectivity index (χ0) is 24.7. The SMILES string of the molecule is Cc1c(-c2ccnc(NC3CCC(O)CC3)n2)c(NCCCN2CCOCC2)nn1-c1ccccc1. The summed E-state index contributed by atoms with van der Waals surface area (Å²) >= 11 is 0. The smallest absolute Gasteiger partial charge is 0.223 e. The van der Waals surface area contributed by atoms with Crippen LogP contribution in [0.2, 0.25) is 0 Å². The van der Waals surface area contributed by atoms with Crippen molar-refractivity contribution in [2.75, 3.05) is 50.0 Å². The van der Waals surface area contributed by atoms with Crippen LogP contribution in [0.1, 0.15) is 37.8 Å². The minimum atomic E-state index is -0.182. The number of rotatable bonds is 9. The van der Waals surface area contributed by atoms with E-state index in [1.807, 2.05) is 35.1 Å². The van der Waals surface area contributed by atoms with Gasteiger partial charge in [-0.1, -0.05) is 18.2 Å². The standard InChI is InChI=1S/C27H37N7O2/c1-20-25(24-12-14-29-27(31-24)30-21-8-10-23(35)11-9-21)26(32-34(20)22-6-3-2-4-7-22)28-13-5-15-33-16-18-36-19-17-33/h2-4,6-7,12,14,21,23,35H,5,8-11,13,15-19H2,1H3,(H,28,32)(H,29,30,31). The average molecular weight is 492 g/mol. The molecule has 2 aromatic heterocycles. The number of para-hydroxylation sites is 1. The molecule has 0 unspecified atom stereocenters. The number of hydrogen-bond acceptors (Lipinski definition) is 8. The highest BCUT2D eigenvalue weighted by Crippen LogP contribution is 2.32. The molecule has 5 rings (SSSR count). The zero-order valence-corrected chi connectivity index (χ0v) is 21.1. The van der Waals surface area contributed by atoms with Gasteiger partial charge in [-0.25, -0.2) is 14.6 Å². The molecule has 0 radical (unpaired) electrons. The van der Waals surface area contributed by atoms with Gasteiger partial charge >= 0.3 is 0 Å². The maximum atomic E-state index is 9.82. The van der Waals surface area contributed by atoms with Crippen LogP contribution in [0.3, 0.4) is 0 Å². The lowest BCUT2D eigenvalue weighted by Crippen LogP contribution is -2.37. The Balaban J connectivity index is 1.35. The van der Waals surface area contributed by atoms with Crippen molar-refractivity contribution in [3.63, 3.8) is 0 Å². The molecule has 2 fully saturated rings. The predicted molar refractivity (Wildman–Crippen MR) is 142 cm³/mol. The summed E-state index contributed by atoms with van der Waals surface area (Å²) in [5.41, 5.74) is 3.89. The Hall–Kier alpha value is -3.01. The van der Waals surface area contributed by atoms with Gasteiger partial charge in [0.25, 0.3) is 0 Å². The molecule has 36 heavy (non-hydrogen) atoms. The quantitative estimate of drug-likeness (QED) is 0.391. The number of aliphatic hydroxyl groups excluding tert-OH is 1. The summed E-state index contributed by atoms with van der Waals surface area (Å²) in [6.45, 7) is 7.62. The average Bonchev–Trinajstić information content (AvgIpc) is 3.25. The minimum Gasteiger partial charge on any atom is -0.393 e. The summed E-state index contributed by atoms with van der Waals surface area (Å²) in [5.74, 6) is 1.46. The predicted octanol–water partition coefficient (Wildman–Crippen LogP) is 3.49. The normalized spacial score (nSPS) is 20.8. The first-order chi connectivity index (χ1) is 17.7. The van der Waals surface area contributed by atoms with Gasteiger partial charge in [0.15, 0.2) is 5.82 Å². The number of aliphatic hydroxyl groups is 1. The van der Waals surface area contributed by atoms with E-state index in [0.29, 0.717) is 5.95 Å². The summed E-state index contributed by atoms with van der Waals surface area (Å²) in [7, 11) is 0. The Kier molecular flexibility index (Phi) is 8.10. The number of aromatic nitrogens is 4. The van der Waals surface area contributed by atoms with Crippen LogP contribution in [0.5, 0.6) is 0 Å². The van der Waals surface area contributed by atoms with Crippen LogP contribution in [-0.4, -0.2) is 81.3 Å². The molecule has 1 aliphatic carbocycles. The lowest BCUT2D eigenvalue weighted by Gasteiger charge is -2.26. The van der Waals surface area contributed by atoms with Crippen molar-refractivity contribution in [3.8, 4) is 16.9 Å². The van der Waals surface area contributed by atoms with E-state index in [1.54, 1.807) is 0 Å². The summed E-state index contributed by atoms with van der Waals surface area (Å²) in [5, 5.41) is 21.9. The molecule has 1 aromatic carbocycles. The third-order valence-electron chi connectivity index (χ3n) is 7.11. The first-order valence-corrected chi connectivity index (χ1v) is 13.1. The van der Waals surface area contributed by atoms with Crippen LogP contribution in [0, 0.1) is 6.92 Å². The van der Waals surface area contributed by atoms with E-state index in [1.165, 1.54) is 0 Å². The fraction of sp³-hybridized carbons (Fsp3) is 0.519. The Labute approximate surface area is 212 Å². The third-order valence-corrected chi connectivity index (χ3v) is 7.11. The Morgan fingerprint density at radius 1 is 1.06 bits per heavy atom. The molecule has 1 saturated carbocycles. The van der Waals surface area contributed by atoms with Crippen LogP contribution in [0.4, 0.5) is 11.8 Å². The fourth-order valence-corrected chi connectivity index (χ4v) is 5.06. The maximum absolute atomic E-state index is 9.82. The summed E-state index contributed by atoms with van der Waals surface area (Å²) in [6.07, 6.45) is 6.15. The molecule has 9 nitrogen and oxygen atoms in total. The summed E-state index contributed by atoms with van der Waals surface area (Å²) < 4.78 is 7.45. The maximum Gasteiger partial charge on any atom is 0.223 e. The fourth-order valence-electron chi connectivity index (χ4n) is 5.06. The second-order valence-corrected chi connectivity index (χ2v) is 9.71. The molecule has 9 heteroatoms. The van der Waals surface area contributed by atoms with Crippen LogP contribution in [-0.2, 0) is 4.74 Å². The molecule has 1 aliphatic heterocycles. The van der Waals surface area contributed by atoms with Crippen molar-refractivity contribution in [2.24, 2.45) is 0 Å². The van der Waals surface area contributed by atoms with Crippen LogP contribution in [0.25, 0.3) is 16.9 Å². The van der Waals surface area contributed by atoms with Crippen molar-refractivity contribution < 1.29 is 9.84 Å². The van der Waals surface area contributed by atoms with E-state index in [4.69, 9.17) is 14.8 Å². The van der Waals surface area contributed by atoms with Gasteiger partial charge < -0.3 is 20.5 Å². The third kappa shape index (κ3) is 6.03. The molecule has 3 aromatic rings. The van der Waals surface area contributed by atoms with Gasteiger partial charge in [0, 0.05) is 31.9 Å². The highest BCUT2D eigenvalue weighted by Gasteiger charge is 2.22. The van der Waals surface area contributed by atoms with E-state index in [2.05, 4.69) is 39.6 Å². The lowest BCUT2D eigenvalue weighted by molar-refractivity contribution is 0.0378. The number of ether oxygens (including phenoxy) is 1. The first kappa shape index (κ1) is 24.7. The lowest BCUT2D eigenvalue weighted by atomic mass is 9.93. The second kappa shape index (κ2) is 11.8. The number of anilines is 2. The molecular formula is C27H37N7O2. The van der Waals surface area contributed by atoms with Gasteiger partial charge in [0.2, 0.25) is 5.95 Å². The van der Waals surface area contributed by atoms with E-state index < -0.39 is 0 Å². The van der Waals surface area contributed by atoms with Gasteiger partial charge in [-0.15, -0.1) is 5.10 Å². The molecule has 0 amide bonds. The van der Waals surface area contributed by atoms with Crippen molar-refractivity contribution in [2.45, 2.75) is 51.2 Å². The number of morpholine rings is 1. The highest BCUT2D eigenvalue weighted by molar-refractivity contribution is 5.76. The molecule has 192 valence electrons. The monoisotopic (exact) mass is 491 g/mol. The van der Waals surface area contributed by atoms with Crippen LogP contribution in [0.15, 0.2) is 42.6 Å². The number of benzene rings is 1. The van der Waals surface area contributed by atoms with E-state index >= 15 is 0 Å². The molecule has 0 spiro atoms. The Morgan fingerprint density at radius 2 is 1.83 bits per heavy atom.